The van der Waals surface area contributed by atoms with Gasteiger partial charge in [-0.15, -0.1) is 0 Å². The third-order valence-corrected chi connectivity index (χ3v) is 4.66. The van der Waals surface area contributed by atoms with E-state index in [0.717, 1.165) is 28.8 Å². The maximum absolute atomic E-state index is 14.6. The molecule has 2 nitrogen and oxygen atoms in total. The Hall–Kier alpha value is -2.96. The zero-order chi connectivity index (χ0) is 20.5. The Bertz CT molecular complexity index is 1040. The van der Waals surface area contributed by atoms with E-state index >= 15 is 0 Å². The first-order valence-corrected chi connectivity index (χ1v) is 8.87. The van der Waals surface area contributed by atoms with Crippen molar-refractivity contribution >= 4 is 0 Å². The SMILES string of the molecule is C=C1COC(c2ccc(-c3ccc(-c4cc(F)c(F)c(F)c4)c(F)c3)cc2)OC1. The molecule has 0 spiro atoms. The first kappa shape index (κ1) is 19.4. The third kappa shape index (κ3) is 3.95. The molecule has 0 radical (unpaired) electrons. The van der Waals surface area contributed by atoms with Crippen molar-refractivity contribution in [3.05, 3.63) is 95.6 Å². The second kappa shape index (κ2) is 7.81. The lowest BCUT2D eigenvalue weighted by molar-refractivity contribution is -0.160. The van der Waals surface area contributed by atoms with Crippen LogP contribution in [0.5, 0.6) is 0 Å². The fourth-order valence-electron chi connectivity index (χ4n) is 3.14. The lowest BCUT2D eigenvalue weighted by Gasteiger charge is -2.25. The van der Waals surface area contributed by atoms with Crippen LogP contribution in [0.3, 0.4) is 0 Å². The summed E-state index contributed by atoms with van der Waals surface area (Å²) < 4.78 is 65.8. The second-order valence-corrected chi connectivity index (χ2v) is 6.77. The largest absolute Gasteiger partial charge is 0.344 e. The highest BCUT2D eigenvalue weighted by Gasteiger charge is 2.19. The molecular formula is C23H16F4O2. The molecule has 1 aliphatic heterocycles. The van der Waals surface area contributed by atoms with Gasteiger partial charge in [0, 0.05) is 11.1 Å². The highest BCUT2D eigenvalue weighted by atomic mass is 19.2. The number of halogens is 4. The van der Waals surface area contributed by atoms with Crippen LogP contribution in [-0.4, -0.2) is 13.2 Å². The Morgan fingerprint density at radius 1 is 0.690 bits per heavy atom. The van der Waals surface area contributed by atoms with Gasteiger partial charge in [0.2, 0.25) is 0 Å². The third-order valence-electron chi connectivity index (χ3n) is 4.66. The Balaban J connectivity index is 1.59. The van der Waals surface area contributed by atoms with E-state index in [1.54, 1.807) is 18.2 Å². The van der Waals surface area contributed by atoms with Crippen LogP contribution in [0.15, 0.2) is 66.7 Å². The van der Waals surface area contributed by atoms with Crippen molar-refractivity contribution in [3.8, 4) is 22.3 Å². The highest BCUT2D eigenvalue weighted by Crippen LogP contribution is 2.31. The van der Waals surface area contributed by atoms with E-state index in [-0.39, 0.29) is 11.1 Å². The van der Waals surface area contributed by atoms with E-state index in [0.29, 0.717) is 18.8 Å². The van der Waals surface area contributed by atoms with Crippen molar-refractivity contribution < 1.29 is 27.0 Å². The number of ether oxygens (including phenoxy) is 2. The molecule has 0 saturated carbocycles. The van der Waals surface area contributed by atoms with Crippen LogP contribution in [-0.2, 0) is 9.47 Å². The summed E-state index contributed by atoms with van der Waals surface area (Å²) in [6, 6.07) is 13.1. The average Bonchev–Trinajstić information content (AvgIpc) is 2.72. The van der Waals surface area contributed by atoms with Gasteiger partial charge >= 0.3 is 0 Å². The van der Waals surface area contributed by atoms with Gasteiger partial charge in [-0.25, -0.2) is 17.6 Å². The second-order valence-electron chi connectivity index (χ2n) is 6.77. The Morgan fingerprint density at radius 2 is 1.24 bits per heavy atom. The molecule has 1 saturated heterocycles. The fraction of sp³-hybridized carbons (Fsp3) is 0.130. The first-order valence-electron chi connectivity index (χ1n) is 8.87. The number of hydrogen-bond acceptors (Lipinski definition) is 2. The highest BCUT2D eigenvalue weighted by molar-refractivity contribution is 5.71. The average molecular weight is 400 g/mol. The van der Waals surface area contributed by atoms with Gasteiger partial charge in [-0.2, -0.15) is 0 Å². The zero-order valence-corrected chi connectivity index (χ0v) is 15.2. The summed E-state index contributed by atoms with van der Waals surface area (Å²) in [7, 11) is 0. The smallest absolute Gasteiger partial charge is 0.194 e. The molecular weight excluding hydrogens is 384 g/mol. The first-order chi connectivity index (χ1) is 13.9. The summed E-state index contributed by atoms with van der Waals surface area (Å²) in [6.45, 7) is 4.67. The van der Waals surface area contributed by atoms with Crippen molar-refractivity contribution in [1.82, 2.24) is 0 Å². The predicted octanol–water partition coefficient (Wildman–Crippen LogP) is 6.18. The molecule has 0 N–H and O–H groups in total. The number of hydrogen-bond donors (Lipinski definition) is 0. The minimum atomic E-state index is -1.58. The fourth-order valence-corrected chi connectivity index (χ4v) is 3.14. The van der Waals surface area contributed by atoms with Gasteiger partial charge in [0.1, 0.15) is 5.82 Å². The lowest BCUT2D eigenvalue weighted by Crippen LogP contribution is -2.19. The Kier molecular flexibility index (Phi) is 5.22. The normalized spacial score (nSPS) is 15.0. The quantitative estimate of drug-likeness (QED) is 0.297. The van der Waals surface area contributed by atoms with Crippen molar-refractivity contribution in [2.75, 3.05) is 13.2 Å². The van der Waals surface area contributed by atoms with Gasteiger partial charge in [0.15, 0.2) is 23.7 Å². The van der Waals surface area contributed by atoms with Crippen LogP contribution < -0.4 is 0 Å². The number of rotatable bonds is 3. The molecule has 1 aliphatic rings. The Labute approximate surface area is 165 Å². The van der Waals surface area contributed by atoms with Crippen LogP contribution in [0.25, 0.3) is 22.3 Å². The predicted molar refractivity (Wildman–Crippen MR) is 101 cm³/mol. The molecule has 0 atom stereocenters. The molecule has 1 fully saturated rings. The van der Waals surface area contributed by atoms with Gasteiger partial charge < -0.3 is 9.47 Å². The van der Waals surface area contributed by atoms with E-state index in [1.165, 1.54) is 12.1 Å². The molecule has 3 aromatic rings. The molecule has 0 aromatic heterocycles. The minimum Gasteiger partial charge on any atom is -0.344 e. The molecule has 3 aromatic carbocycles. The summed E-state index contributed by atoms with van der Waals surface area (Å²) >= 11 is 0. The molecule has 4 rings (SSSR count). The zero-order valence-electron chi connectivity index (χ0n) is 15.2. The van der Waals surface area contributed by atoms with E-state index in [1.807, 2.05) is 12.1 Å². The molecule has 0 bridgehead atoms. The topological polar surface area (TPSA) is 18.5 Å². The summed E-state index contributed by atoms with van der Waals surface area (Å²) in [5.41, 5.74) is 2.93. The van der Waals surface area contributed by atoms with Crippen LogP contribution in [0, 0.1) is 23.3 Å². The number of benzene rings is 3. The molecule has 6 heteroatoms. The molecule has 1 heterocycles. The summed E-state index contributed by atoms with van der Waals surface area (Å²) in [5.74, 6) is -4.99. The maximum Gasteiger partial charge on any atom is 0.194 e. The van der Waals surface area contributed by atoms with Crippen molar-refractivity contribution in [2.45, 2.75) is 6.29 Å². The summed E-state index contributed by atoms with van der Waals surface area (Å²) in [5, 5.41) is 0. The minimum absolute atomic E-state index is 0.0209. The molecule has 0 aliphatic carbocycles. The van der Waals surface area contributed by atoms with E-state index in [4.69, 9.17) is 9.47 Å². The van der Waals surface area contributed by atoms with E-state index < -0.39 is 29.6 Å². The summed E-state index contributed by atoms with van der Waals surface area (Å²) in [6.07, 6.45) is -0.475. The van der Waals surface area contributed by atoms with Crippen molar-refractivity contribution in [1.29, 1.82) is 0 Å². The van der Waals surface area contributed by atoms with Crippen LogP contribution in [0.2, 0.25) is 0 Å². The molecule has 148 valence electrons. The van der Waals surface area contributed by atoms with Gasteiger partial charge in [0.25, 0.3) is 0 Å². The Morgan fingerprint density at radius 3 is 1.83 bits per heavy atom. The van der Waals surface area contributed by atoms with Gasteiger partial charge in [-0.05, 0) is 40.5 Å². The van der Waals surface area contributed by atoms with Gasteiger partial charge in [-0.1, -0.05) is 43.0 Å². The van der Waals surface area contributed by atoms with Gasteiger partial charge in [0.05, 0.1) is 13.2 Å². The van der Waals surface area contributed by atoms with Crippen LogP contribution in [0.4, 0.5) is 17.6 Å². The summed E-state index contributed by atoms with van der Waals surface area (Å²) in [4.78, 5) is 0. The lowest BCUT2D eigenvalue weighted by atomic mass is 9.98. The molecule has 29 heavy (non-hydrogen) atoms. The maximum atomic E-state index is 14.6. The van der Waals surface area contributed by atoms with E-state index in [2.05, 4.69) is 6.58 Å². The van der Waals surface area contributed by atoms with Crippen LogP contribution >= 0.6 is 0 Å². The van der Waals surface area contributed by atoms with Crippen molar-refractivity contribution in [2.24, 2.45) is 0 Å². The molecule has 0 amide bonds. The van der Waals surface area contributed by atoms with Crippen molar-refractivity contribution in [3.63, 3.8) is 0 Å². The standard InChI is InChI=1S/C23H16F4O2/c1-13-11-28-23(29-12-13)15-4-2-14(3-5-15)16-6-7-18(19(24)8-16)17-9-20(25)22(27)21(26)10-17/h2-10,23H,1,11-12H2. The monoisotopic (exact) mass is 400 g/mol. The van der Waals surface area contributed by atoms with E-state index in [9.17, 15) is 17.6 Å². The van der Waals surface area contributed by atoms with Gasteiger partial charge in [-0.3, -0.25) is 0 Å². The molecule has 0 unspecified atom stereocenters. The van der Waals surface area contributed by atoms with Crippen LogP contribution in [0.1, 0.15) is 11.9 Å².